The molecule has 4 aliphatic rings. The molecule has 0 spiro atoms. The van der Waals surface area contributed by atoms with Crippen LogP contribution in [0.25, 0.3) is 0 Å². The summed E-state index contributed by atoms with van der Waals surface area (Å²) in [6.07, 6.45) is 2.83. The van der Waals surface area contributed by atoms with Gasteiger partial charge in [0.25, 0.3) is 5.91 Å². The smallest absolute Gasteiger partial charge is 0.416 e. The number of carbonyl (C=O) groups is 2. The Morgan fingerprint density at radius 2 is 1.72 bits per heavy atom. The first-order valence-electron chi connectivity index (χ1n) is 10.3. The van der Waals surface area contributed by atoms with Crippen LogP contribution in [0.15, 0.2) is 24.3 Å². The van der Waals surface area contributed by atoms with Gasteiger partial charge in [0.1, 0.15) is 0 Å². The van der Waals surface area contributed by atoms with E-state index in [9.17, 15) is 22.8 Å². The molecule has 4 saturated carbocycles. The van der Waals surface area contributed by atoms with Crippen molar-refractivity contribution in [1.29, 1.82) is 0 Å². The topological polar surface area (TPSA) is 55.4 Å². The molecule has 0 aromatic heterocycles. The van der Waals surface area contributed by atoms with Crippen molar-refractivity contribution < 1.29 is 27.5 Å². The molecule has 4 nitrogen and oxygen atoms in total. The lowest BCUT2D eigenvalue weighted by atomic mass is 9.48. The van der Waals surface area contributed by atoms with E-state index in [4.69, 9.17) is 4.74 Å². The number of nitrogens with one attached hydrogen (secondary N) is 1. The van der Waals surface area contributed by atoms with Crippen LogP contribution < -0.4 is 5.32 Å². The lowest BCUT2D eigenvalue weighted by molar-refractivity contribution is -0.137. The summed E-state index contributed by atoms with van der Waals surface area (Å²) in [6, 6.07) is 4.01. The summed E-state index contributed by atoms with van der Waals surface area (Å²) in [5, 5.41) is 2.98. The molecule has 4 fully saturated rings. The van der Waals surface area contributed by atoms with Gasteiger partial charge in [-0.25, -0.2) is 4.79 Å². The third-order valence-corrected chi connectivity index (χ3v) is 7.14. The van der Waals surface area contributed by atoms with Gasteiger partial charge in [-0.1, -0.05) is 6.07 Å². The Labute approximate surface area is 168 Å². The molecule has 1 amide bonds. The van der Waals surface area contributed by atoms with Crippen LogP contribution in [-0.2, 0) is 15.7 Å². The molecule has 0 saturated heterocycles. The van der Waals surface area contributed by atoms with Crippen LogP contribution in [0.4, 0.5) is 13.2 Å². The van der Waals surface area contributed by atoms with Gasteiger partial charge in [0.05, 0.1) is 11.1 Å². The predicted octanol–water partition coefficient (Wildman–Crippen LogP) is 4.58. The second-order valence-electron chi connectivity index (χ2n) is 9.22. The highest BCUT2D eigenvalue weighted by Crippen LogP contribution is 2.61. The summed E-state index contributed by atoms with van der Waals surface area (Å²) in [7, 11) is 0. The molecule has 1 N–H and O–H groups in total. The number of hydrogen-bond acceptors (Lipinski definition) is 3. The number of amides is 1. The van der Waals surface area contributed by atoms with Crippen molar-refractivity contribution >= 4 is 11.9 Å². The molecule has 1 aromatic rings. The van der Waals surface area contributed by atoms with E-state index in [1.807, 2.05) is 6.92 Å². The maximum atomic E-state index is 12.8. The van der Waals surface area contributed by atoms with E-state index in [-0.39, 0.29) is 17.0 Å². The van der Waals surface area contributed by atoms with Crippen LogP contribution in [0.5, 0.6) is 0 Å². The third kappa shape index (κ3) is 4.14. The minimum atomic E-state index is -4.54. The van der Waals surface area contributed by atoms with Crippen molar-refractivity contribution in [3.05, 3.63) is 35.4 Å². The van der Waals surface area contributed by atoms with Crippen LogP contribution in [-0.4, -0.2) is 24.5 Å². The average Bonchev–Trinajstić information content (AvgIpc) is 2.64. The fourth-order valence-corrected chi connectivity index (χ4v) is 6.18. The van der Waals surface area contributed by atoms with E-state index in [1.165, 1.54) is 25.3 Å². The lowest BCUT2D eigenvalue weighted by Gasteiger charge is -2.59. The molecule has 5 rings (SSSR count). The summed E-state index contributed by atoms with van der Waals surface area (Å²) in [5.41, 5.74) is -1.01. The summed E-state index contributed by atoms with van der Waals surface area (Å²) in [5.74, 6) is 0.945. The van der Waals surface area contributed by atoms with Crippen LogP contribution >= 0.6 is 0 Å². The maximum absolute atomic E-state index is 12.8. The predicted molar refractivity (Wildman–Crippen MR) is 99.9 cm³/mol. The first kappa shape index (κ1) is 20.2. The zero-order valence-electron chi connectivity index (χ0n) is 16.4. The fraction of sp³-hybridized carbons (Fsp3) is 0.636. The summed E-state index contributed by atoms with van der Waals surface area (Å²) < 4.78 is 43.3. The SMILES string of the molecule is C[C@@H](NC(=O)COC(=O)c1cccc(C(F)(F)F)c1)C12CC3CC(CC(C3)C1)C2. The lowest BCUT2D eigenvalue weighted by Crippen LogP contribution is -2.56. The van der Waals surface area contributed by atoms with E-state index < -0.39 is 30.2 Å². The highest BCUT2D eigenvalue weighted by Gasteiger charge is 2.53. The molecule has 4 bridgehead atoms. The Balaban J connectivity index is 1.32. The molecular weight excluding hydrogens is 383 g/mol. The average molecular weight is 409 g/mol. The molecule has 0 aliphatic heterocycles. The Morgan fingerprint density at radius 3 is 2.28 bits per heavy atom. The number of benzene rings is 1. The van der Waals surface area contributed by atoms with Crippen LogP contribution in [0.3, 0.4) is 0 Å². The second kappa shape index (κ2) is 7.33. The third-order valence-electron chi connectivity index (χ3n) is 7.14. The zero-order valence-corrected chi connectivity index (χ0v) is 16.4. The number of hydrogen-bond donors (Lipinski definition) is 1. The molecule has 0 unspecified atom stereocenters. The molecule has 0 radical (unpaired) electrons. The highest BCUT2D eigenvalue weighted by atomic mass is 19.4. The Kier molecular flexibility index (Phi) is 5.11. The van der Waals surface area contributed by atoms with Crippen molar-refractivity contribution in [2.24, 2.45) is 23.2 Å². The number of rotatable bonds is 5. The number of ether oxygens (including phenoxy) is 1. The molecule has 158 valence electrons. The summed E-state index contributed by atoms with van der Waals surface area (Å²) in [6.45, 7) is 1.53. The quantitative estimate of drug-likeness (QED) is 0.724. The Hall–Kier alpha value is -2.05. The molecular formula is C22H26F3NO3. The number of esters is 1. The molecule has 1 atom stereocenters. The van der Waals surface area contributed by atoms with Crippen molar-refractivity contribution in [2.75, 3.05) is 6.61 Å². The first-order valence-corrected chi connectivity index (χ1v) is 10.3. The van der Waals surface area contributed by atoms with E-state index >= 15 is 0 Å². The van der Waals surface area contributed by atoms with Crippen molar-refractivity contribution in [2.45, 2.75) is 57.7 Å². The highest BCUT2D eigenvalue weighted by molar-refractivity contribution is 5.91. The van der Waals surface area contributed by atoms with E-state index in [0.717, 1.165) is 55.2 Å². The van der Waals surface area contributed by atoms with Crippen LogP contribution in [0.2, 0.25) is 0 Å². The zero-order chi connectivity index (χ0) is 20.8. The number of halogens is 3. The van der Waals surface area contributed by atoms with Gasteiger partial charge in [-0.3, -0.25) is 4.79 Å². The molecule has 0 heterocycles. The van der Waals surface area contributed by atoms with Gasteiger partial charge in [0.2, 0.25) is 0 Å². The van der Waals surface area contributed by atoms with Gasteiger partial charge in [0.15, 0.2) is 6.61 Å². The van der Waals surface area contributed by atoms with E-state index in [2.05, 4.69) is 5.32 Å². The van der Waals surface area contributed by atoms with Crippen molar-refractivity contribution in [3.63, 3.8) is 0 Å². The van der Waals surface area contributed by atoms with Crippen LogP contribution in [0.1, 0.15) is 61.4 Å². The number of carbonyl (C=O) groups excluding carboxylic acids is 2. The van der Waals surface area contributed by atoms with Crippen molar-refractivity contribution in [1.82, 2.24) is 5.32 Å². The van der Waals surface area contributed by atoms with Gasteiger partial charge in [-0.2, -0.15) is 13.2 Å². The largest absolute Gasteiger partial charge is 0.452 e. The molecule has 29 heavy (non-hydrogen) atoms. The monoisotopic (exact) mass is 409 g/mol. The first-order chi connectivity index (χ1) is 13.6. The van der Waals surface area contributed by atoms with E-state index in [1.54, 1.807) is 0 Å². The van der Waals surface area contributed by atoms with Gasteiger partial charge >= 0.3 is 12.1 Å². The minimum absolute atomic E-state index is 0.00402. The van der Waals surface area contributed by atoms with Gasteiger partial charge < -0.3 is 10.1 Å². The standard InChI is InChI=1S/C22H26F3NO3/c1-13(21-9-14-5-15(10-21)7-16(6-14)11-21)26-19(27)12-29-20(28)17-3-2-4-18(8-17)22(23,24)25/h2-4,8,13-16H,5-7,9-12H2,1H3,(H,26,27)/t13-,14?,15?,16?,21?/m1/s1. The number of alkyl halides is 3. The summed E-state index contributed by atoms with van der Waals surface area (Å²) in [4.78, 5) is 24.4. The fourth-order valence-electron chi connectivity index (χ4n) is 6.18. The van der Waals surface area contributed by atoms with Gasteiger partial charge in [-0.15, -0.1) is 0 Å². The molecule has 7 heteroatoms. The molecule has 4 aliphatic carbocycles. The van der Waals surface area contributed by atoms with Gasteiger partial charge in [0, 0.05) is 6.04 Å². The van der Waals surface area contributed by atoms with Crippen LogP contribution in [0, 0.1) is 23.2 Å². The normalized spacial score (nSPS) is 31.4. The van der Waals surface area contributed by atoms with Gasteiger partial charge in [-0.05, 0) is 86.8 Å². The molecule has 1 aromatic carbocycles. The Morgan fingerprint density at radius 1 is 1.14 bits per heavy atom. The van der Waals surface area contributed by atoms with E-state index in [0.29, 0.717) is 0 Å². The second-order valence-corrected chi connectivity index (χ2v) is 9.22. The summed E-state index contributed by atoms with van der Waals surface area (Å²) >= 11 is 0. The van der Waals surface area contributed by atoms with Crippen molar-refractivity contribution in [3.8, 4) is 0 Å². The minimum Gasteiger partial charge on any atom is -0.452 e. The maximum Gasteiger partial charge on any atom is 0.416 e. The Bertz CT molecular complexity index is 769.